The van der Waals surface area contributed by atoms with Crippen LogP contribution in [0.4, 0.5) is 8.78 Å². The molecule has 3 aromatic rings. The standard InChI is InChI=1S/C19H16F2N2O3/c20-19(21)26-16-6-1-5-15(10-16)18(24)23(13-17-7-3-9-25-17)12-14-4-2-8-22-11-14/h1-11,19H,12-13H2. The van der Waals surface area contributed by atoms with Gasteiger partial charge in [-0.15, -0.1) is 0 Å². The molecule has 0 N–H and O–H groups in total. The van der Waals surface area contributed by atoms with E-state index >= 15 is 0 Å². The van der Waals surface area contributed by atoms with Crippen molar-refractivity contribution >= 4 is 5.91 Å². The number of rotatable bonds is 7. The molecule has 0 spiro atoms. The van der Waals surface area contributed by atoms with Gasteiger partial charge in [0.15, 0.2) is 0 Å². The van der Waals surface area contributed by atoms with Gasteiger partial charge in [0.2, 0.25) is 0 Å². The molecule has 7 heteroatoms. The number of hydrogen-bond donors (Lipinski definition) is 0. The molecule has 134 valence electrons. The Kier molecular flexibility index (Phi) is 5.58. The number of furan rings is 1. The zero-order chi connectivity index (χ0) is 18.4. The van der Waals surface area contributed by atoms with Crippen LogP contribution in [0.25, 0.3) is 0 Å². The fourth-order valence-electron chi connectivity index (χ4n) is 2.49. The van der Waals surface area contributed by atoms with E-state index in [2.05, 4.69) is 9.72 Å². The van der Waals surface area contributed by atoms with E-state index in [-0.39, 0.29) is 23.8 Å². The predicted octanol–water partition coefficient (Wildman–Crippen LogP) is 4.12. The average molecular weight is 358 g/mol. The molecule has 0 aliphatic carbocycles. The van der Waals surface area contributed by atoms with Crippen LogP contribution in [0.3, 0.4) is 0 Å². The van der Waals surface area contributed by atoms with Crippen LogP contribution in [0, 0.1) is 0 Å². The molecular weight excluding hydrogens is 342 g/mol. The van der Waals surface area contributed by atoms with E-state index in [1.165, 1.54) is 24.5 Å². The van der Waals surface area contributed by atoms with Gasteiger partial charge in [-0.3, -0.25) is 9.78 Å². The number of ether oxygens (including phenoxy) is 1. The number of nitrogens with zero attached hydrogens (tertiary/aromatic N) is 2. The van der Waals surface area contributed by atoms with Crippen molar-refractivity contribution in [1.29, 1.82) is 0 Å². The Morgan fingerprint density at radius 2 is 2.04 bits per heavy atom. The molecule has 0 aliphatic heterocycles. The minimum Gasteiger partial charge on any atom is -0.467 e. The SMILES string of the molecule is O=C(c1cccc(OC(F)F)c1)N(Cc1cccnc1)Cc1ccco1. The maximum atomic E-state index is 12.9. The summed E-state index contributed by atoms with van der Waals surface area (Å²) in [7, 11) is 0. The first-order chi connectivity index (χ1) is 12.6. The predicted molar refractivity (Wildman–Crippen MR) is 89.6 cm³/mol. The lowest BCUT2D eigenvalue weighted by Gasteiger charge is -2.22. The zero-order valence-electron chi connectivity index (χ0n) is 13.7. The number of benzene rings is 1. The highest BCUT2D eigenvalue weighted by Crippen LogP contribution is 2.19. The number of carbonyl (C=O) groups is 1. The van der Waals surface area contributed by atoms with Gasteiger partial charge >= 0.3 is 6.61 Å². The molecule has 0 atom stereocenters. The molecule has 0 saturated heterocycles. The van der Waals surface area contributed by atoms with E-state index < -0.39 is 6.61 Å². The molecule has 0 radical (unpaired) electrons. The van der Waals surface area contributed by atoms with Crippen molar-refractivity contribution in [2.24, 2.45) is 0 Å². The Morgan fingerprint density at radius 1 is 1.15 bits per heavy atom. The zero-order valence-corrected chi connectivity index (χ0v) is 13.7. The Labute approximate surface area is 148 Å². The molecule has 3 rings (SSSR count). The number of aromatic nitrogens is 1. The molecule has 1 aromatic carbocycles. The molecule has 2 aromatic heterocycles. The summed E-state index contributed by atoms with van der Waals surface area (Å²) in [5, 5.41) is 0. The summed E-state index contributed by atoms with van der Waals surface area (Å²) in [6.45, 7) is -2.41. The number of amides is 1. The largest absolute Gasteiger partial charge is 0.467 e. The summed E-state index contributed by atoms with van der Waals surface area (Å²) in [6.07, 6.45) is 4.84. The third-order valence-electron chi connectivity index (χ3n) is 3.62. The fraction of sp³-hybridized carbons (Fsp3) is 0.158. The number of alkyl halides is 2. The van der Waals surface area contributed by atoms with Gasteiger partial charge in [0.1, 0.15) is 11.5 Å². The van der Waals surface area contributed by atoms with E-state index in [0.717, 1.165) is 5.56 Å². The van der Waals surface area contributed by atoms with Gasteiger partial charge in [0.25, 0.3) is 5.91 Å². The summed E-state index contributed by atoms with van der Waals surface area (Å²) in [5.74, 6) is 0.220. The Morgan fingerprint density at radius 3 is 2.73 bits per heavy atom. The van der Waals surface area contributed by atoms with E-state index in [1.54, 1.807) is 41.6 Å². The van der Waals surface area contributed by atoms with Crippen molar-refractivity contribution in [2.45, 2.75) is 19.7 Å². The van der Waals surface area contributed by atoms with Gasteiger partial charge in [-0.1, -0.05) is 12.1 Å². The summed E-state index contributed by atoms with van der Waals surface area (Å²) in [6, 6.07) is 12.9. The maximum Gasteiger partial charge on any atom is 0.387 e. The molecule has 0 unspecified atom stereocenters. The molecule has 0 saturated carbocycles. The molecule has 0 fully saturated rings. The highest BCUT2D eigenvalue weighted by atomic mass is 19.3. The van der Waals surface area contributed by atoms with Gasteiger partial charge in [-0.25, -0.2) is 0 Å². The number of halogens is 2. The smallest absolute Gasteiger partial charge is 0.387 e. The monoisotopic (exact) mass is 358 g/mol. The number of hydrogen-bond acceptors (Lipinski definition) is 4. The van der Waals surface area contributed by atoms with E-state index in [0.29, 0.717) is 12.3 Å². The second kappa shape index (κ2) is 8.24. The van der Waals surface area contributed by atoms with Gasteiger partial charge in [-0.05, 0) is 42.0 Å². The van der Waals surface area contributed by atoms with Crippen LogP contribution in [-0.2, 0) is 13.1 Å². The van der Waals surface area contributed by atoms with Crippen molar-refractivity contribution in [3.63, 3.8) is 0 Å². The highest BCUT2D eigenvalue weighted by molar-refractivity contribution is 5.94. The van der Waals surface area contributed by atoms with Crippen LogP contribution in [0.1, 0.15) is 21.7 Å². The third kappa shape index (κ3) is 4.66. The van der Waals surface area contributed by atoms with Gasteiger partial charge < -0.3 is 14.1 Å². The summed E-state index contributed by atoms with van der Waals surface area (Å²) in [4.78, 5) is 18.5. The third-order valence-corrected chi connectivity index (χ3v) is 3.62. The van der Waals surface area contributed by atoms with Gasteiger partial charge in [0.05, 0.1) is 12.8 Å². The second-order valence-electron chi connectivity index (χ2n) is 5.51. The molecule has 0 bridgehead atoms. The lowest BCUT2D eigenvalue weighted by molar-refractivity contribution is -0.0499. The molecule has 26 heavy (non-hydrogen) atoms. The van der Waals surface area contributed by atoms with Crippen LogP contribution in [0.15, 0.2) is 71.6 Å². The topological polar surface area (TPSA) is 55.6 Å². The molecule has 5 nitrogen and oxygen atoms in total. The van der Waals surface area contributed by atoms with Gasteiger partial charge in [-0.2, -0.15) is 8.78 Å². The normalized spacial score (nSPS) is 10.7. The van der Waals surface area contributed by atoms with Crippen molar-refractivity contribution in [3.05, 3.63) is 84.1 Å². The highest BCUT2D eigenvalue weighted by Gasteiger charge is 2.19. The van der Waals surface area contributed by atoms with Crippen molar-refractivity contribution in [2.75, 3.05) is 0 Å². The Bertz CT molecular complexity index is 839. The first-order valence-corrected chi connectivity index (χ1v) is 7.87. The van der Waals surface area contributed by atoms with Gasteiger partial charge in [0, 0.05) is 24.5 Å². The first kappa shape index (κ1) is 17.6. The Balaban J connectivity index is 1.84. The summed E-state index contributed by atoms with van der Waals surface area (Å²) < 4.78 is 34.5. The summed E-state index contributed by atoms with van der Waals surface area (Å²) in [5.41, 5.74) is 1.09. The van der Waals surface area contributed by atoms with E-state index in [1.807, 2.05) is 6.07 Å². The van der Waals surface area contributed by atoms with Crippen LogP contribution >= 0.6 is 0 Å². The van der Waals surface area contributed by atoms with Crippen LogP contribution in [0.5, 0.6) is 5.75 Å². The molecule has 1 amide bonds. The van der Waals surface area contributed by atoms with Crippen LogP contribution in [0.2, 0.25) is 0 Å². The lowest BCUT2D eigenvalue weighted by atomic mass is 10.1. The fourth-order valence-corrected chi connectivity index (χ4v) is 2.49. The maximum absolute atomic E-state index is 12.9. The van der Waals surface area contributed by atoms with Crippen LogP contribution < -0.4 is 4.74 Å². The first-order valence-electron chi connectivity index (χ1n) is 7.87. The van der Waals surface area contributed by atoms with Crippen molar-refractivity contribution in [3.8, 4) is 5.75 Å². The number of pyridine rings is 1. The summed E-state index contributed by atoms with van der Waals surface area (Å²) >= 11 is 0. The Hall–Kier alpha value is -3.22. The lowest BCUT2D eigenvalue weighted by Crippen LogP contribution is -2.30. The average Bonchev–Trinajstić information content (AvgIpc) is 3.14. The minimum atomic E-state index is -2.95. The van der Waals surface area contributed by atoms with Crippen molar-refractivity contribution < 1.29 is 22.7 Å². The molecular formula is C19H16F2N2O3. The molecule has 0 aliphatic rings. The second-order valence-corrected chi connectivity index (χ2v) is 5.51. The minimum absolute atomic E-state index is 0.0647. The van der Waals surface area contributed by atoms with E-state index in [4.69, 9.17) is 4.42 Å². The van der Waals surface area contributed by atoms with Crippen molar-refractivity contribution in [1.82, 2.24) is 9.88 Å². The molecule has 2 heterocycles. The van der Waals surface area contributed by atoms with Crippen LogP contribution in [-0.4, -0.2) is 22.4 Å². The van der Waals surface area contributed by atoms with E-state index in [9.17, 15) is 13.6 Å². The number of carbonyl (C=O) groups excluding carboxylic acids is 1. The quantitative estimate of drug-likeness (QED) is 0.638.